The van der Waals surface area contributed by atoms with Crippen LogP contribution in [0.25, 0.3) is 0 Å². The molecule has 1 rings (SSSR count). The Morgan fingerprint density at radius 3 is 2.00 bits per heavy atom. The van der Waals surface area contributed by atoms with Gasteiger partial charge < -0.3 is 0 Å². The zero-order valence-corrected chi connectivity index (χ0v) is 7.60. The highest BCUT2D eigenvalue weighted by Gasteiger charge is 2.19. The topological polar surface area (TPSA) is 19.9 Å². The molecule has 12 heavy (non-hydrogen) atoms. The average molecular weight is 173 g/mol. The van der Waals surface area contributed by atoms with Crippen molar-refractivity contribution in [3.63, 3.8) is 0 Å². The van der Waals surface area contributed by atoms with Gasteiger partial charge in [0.15, 0.2) is 0 Å². The molecule has 0 N–H and O–H groups in total. The third-order valence-electron chi connectivity index (χ3n) is 2.62. The summed E-state index contributed by atoms with van der Waals surface area (Å²) in [6.45, 7) is 0. The molecule has 1 nitrogen and oxygen atoms in total. The molecule has 1 radical (unpaired) electrons. The Morgan fingerprint density at radius 1 is 0.833 bits per heavy atom. The molecule has 2 heteroatoms. The fourth-order valence-electron chi connectivity index (χ4n) is 1.76. The maximum atomic E-state index is 13.0. The molecule has 1 aliphatic rings. The van der Waals surface area contributed by atoms with Gasteiger partial charge in [-0.15, -0.1) is 0 Å². The van der Waals surface area contributed by atoms with Crippen LogP contribution in [-0.4, -0.2) is 12.3 Å². The third kappa shape index (κ3) is 3.53. The number of alkyl halides is 1. The van der Waals surface area contributed by atoms with E-state index >= 15 is 0 Å². The van der Waals surface area contributed by atoms with Crippen molar-refractivity contribution >= 4 is 0 Å². The quantitative estimate of drug-likeness (QED) is 0.536. The molecule has 1 fully saturated rings. The lowest BCUT2D eigenvalue weighted by atomic mass is 9.98. The predicted molar refractivity (Wildman–Crippen MR) is 46.3 cm³/mol. The SMILES string of the molecule is [O]C1CCCCCCCCC1F. The smallest absolute Gasteiger partial charge is 0.129 e. The highest BCUT2D eigenvalue weighted by Crippen LogP contribution is 2.19. The summed E-state index contributed by atoms with van der Waals surface area (Å²) in [5.74, 6) is 0. The van der Waals surface area contributed by atoms with Crippen LogP contribution in [0.15, 0.2) is 0 Å². The molecule has 71 valence electrons. The lowest BCUT2D eigenvalue weighted by molar-refractivity contribution is 0.00468. The summed E-state index contributed by atoms with van der Waals surface area (Å²) in [4.78, 5) is 0. The first kappa shape index (κ1) is 9.97. The third-order valence-corrected chi connectivity index (χ3v) is 2.62. The molecule has 0 aromatic rings. The second-order valence-corrected chi connectivity index (χ2v) is 3.75. The molecule has 0 saturated heterocycles. The minimum Gasteiger partial charge on any atom is -0.244 e. The van der Waals surface area contributed by atoms with Crippen LogP contribution in [0.5, 0.6) is 0 Å². The highest BCUT2D eigenvalue weighted by atomic mass is 19.1. The fourth-order valence-corrected chi connectivity index (χ4v) is 1.76. The normalized spacial score (nSPS) is 34.5. The van der Waals surface area contributed by atoms with Crippen LogP contribution in [0.3, 0.4) is 0 Å². The largest absolute Gasteiger partial charge is 0.244 e. The van der Waals surface area contributed by atoms with Crippen LogP contribution in [0.1, 0.15) is 51.4 Å². The maximum absolute atomic E-state index is 13.0. The van der Waals surface area contributed by atoms with Gasteiger partial charge in [0.1, 0.15) is 12.3 Å². The monoisotopic (exact) mass is 173 g/mol. The van der Waals surface area contributed by atoms with E-state index in [1.54, 1.807) is 0 Å². The van der Waals surface area contributed by atoms with Gasteiger partial charge in [0.2, 0.25) is 0 Å². The molecule has 0 heterocycles. The van der Waals surface area contributed by atoms with Crippen molar-refractivity contribution in [1.29, 1.82) is 0 Å². The molecule has 2 atom stereocenters. The predicted octanol–water partition coefficient (Wildman–Crippen LogP) is 3.26. The first-order valence-electron chi connectivity index (χ1n) is 5.10. The molecular weight excluding hydrogens is 155 g/mol. The first-order chi connectivity index (χ1) is 5.80. The Bertz CT molecular complexity index is 102. The summed E-state index contributed by atoms with van der Waals surface area (Å²) in [7, 11) is 0. The van der Waals surface area contributed by atoms with Crippen LogP contribution in [0.4, 0.5) is 4.39 Å². The fraction of sp³-hybridized carbons (Fsp3) is 1.00. The Hall–Kier alpha value is -0.110. The van der Waals surface area contributed by atoms with E-state index in [1.807, 2.05) is 0 Å². The van der Waals surface area contributed by atoms with E-state index in [-0.39, 0.29) is 0 Å². The number of rotatable bonds is 0. The van der Waals surface area contributed by atoms with Gasteiger partial charge >= 0.3 is 0 Å². The van der Waals surface area contributed by atoms with Gasteiger partial charge in [-0.2, -0.15) is 0 Å². The number of hydrogen-bond donors (Lipinski definition) is 0. The molecule has 2 unspecified atom stereocenters. The molecule has 0 bridgehead atoms. The molecular formula is C10H18FO. The highest BCUT2D eigenvalue weighted by molar-refractivity contribution is 4.68. The molecule has 1 saturated carbocycles. The van der Waals surface area contributed by atoms with E-state index < -0.39 is 12.3 Å². The molecule has 1 aliphatic carbocycles. The lowest BCUT2D eigenvalue weighted by Gasteiger charge is -2.15. The van der Waals surface area contributed by atoms with Crippen molar-refractivity contribution < 1.29 is 9.50 Å². The maximum Gasteiger partial charge on any atom is 0.129 e. The Labute approximate surface area is 74.0 Å². The van der Waals surface area contributed by atoms with Gasteiger partial charge in [-0.3, -0.25) is 0 Å². The van der Waals surface area contributed by atoms with Crippen LogP contribution >= 0.6 is 0 Å². The summed E-state index contributed by atoms with van der Waals surface area (Å²) >= 11 is 0. The van der Waals surface area contributed by atoms with E-state index in [4.69, 9.17) is 0 Å². The zero-order chi connectivity index (χ0) is 8.81. The van der Waals surface area contributed by atoms with Crippen molar-refractivity contribution in [2.75, 3.05) is 0 Å². The standard InChI is InChI=1S/C10H18FO/c11-9-7-5-3-1-2-4-6-8-10(9)12/h9-10H,1-8H2. The number of hydrogen-bond acceptors (Lipinski definition) is 0. The van der Waals surface area contributed by atoms with Crippen molar-refractivity contribution in [2.24, 2.45) is 0 Å². The minimum absolute atomic E-state index is 0.494. The van der Waals surface area contributed by atoms with E-state index in [9.17, 15) is 9.50 Å². The Morgan fingerprint density at radius 2 is 1.33 bits per heavy atom. The lowest BCUT2D eigenvalue weighted by Crippen LogP contribution is -2.20. The Kier molecular flexibility index (Phi) is 4.59. The molecule has 0 aromatic heterocycles. The zero-order valence-electron chi connectivity index (χ0n) is 7.60. The first-order valence-corrected chi connectivity index (χ1v) is 5.10. The summed E-state index contributed by atoms with van der Waals surface area (Å²) in [6.07, 6.45) is 5.51. The second-order valence-electron chi connectivity index (χ2n) is 3.75. The summed E-state index contributed by atoms with van der Waals surface area (Å²) < 4.78 is 13.0. The summed E-state index contributed by atoms with van der Waals surface area (Å²) in [5.41, 5.74) is 0. The van der Waals surface area contributed by atoms with Crippen molar-refractivity contribution in [3.8, 4) is 0 Å². The van der Waals surface area contributed by atoms with Crippen LogP contribution in [0.2, 0.25) is 0 Å². The van der Waals surface area contributed by atoms with Gasteiger partial charge in [-0.1, -0.05) is 38.5 Å². The van der Waals surface area contributed by atoms with Gasteiger partial charge in [-0.25, -0.2) is 9.50 Å². The van der Waals surface area contributed by atoms with E-state index in [0.717, 1.165) is 25.7 Å². The molecule has 0 aromatic carbocycles. The average Bonchev–Trinajstić information content (AvgIpc) is 2.08. The minimum atomic E-state index is -1.08. The van der Waals surface area contributed by atoms with E-state index in [0.29, 0.717) is 12.8 Å². The van der Waals surface area contributed by atoms with Gasteiger partial charge in [0.05, 0.1) is 0 Å². The number of halogens is 1. The van der Waals surface area contributed by atoms with Crippen molar-refractivity contribution in [3.05, 3.63) is 0 Å². The second kappa shape index (κ2) is 5.52. The van der Waals surface area contributed by atoms with E-state index in [2.05, 4.69) is 0 Å². The molecule has 0 spiro atoms. The van der Waals surface area contributed by atoms with E-state index in [1.165, 1.54) is 12.8 Å². The molecule has 0 amide bonds. The summed E-state index contributed by atoms with van der Waals surface area (Å²) in [5, 5.41) is 11.1. The van der Waals surface area contributed by atoms with Crippen molar-refractivity contribution in [1.82, 2.24) is 0 Å². The van der Waals surface area contributed by atoms with Gasteiger partial charge in [-0.05, 0) is 12.8 Å². The van der Waals surface area contributed by atoms with Gasteiger partial charge in [0.25, 0.3) is 0 Å². The van der Waals surface area contributed by atoms with Crippen LogP contribution in [-0.2, 0) is 5.11 Å². The van der Waals surface area contributed by atoms with Gasteiger partial charge in [0, 0.05) is 0 Å². The Balaban J connectivity index is 2.26. The van der Waals surface area contributed by atoms with Crippen LogP contribution < -0.4 is 0 Å². The van der Waals surface area contributed by atoms with Crippen LogP contribution in [0, 0.1) is 0 Å². The summed E-state index contributed by atoms with van der Waals surface area (Å²) in [6, 6.07) is 0. The molecule has 0 aliphatic heterocycles. The van der Waals surface area contributed by atoms with Crippen molar-refractivity contribution in [2.45, 2.75) is 63.6 Å².